The normalized spacial score (nSPS) is 13.2. The number of hydrogen-bond acceptors (Lipinski definition) is 2. The van der Waals surface area contributed by atoms with Crippen LogP contribution >= 0.6 is 0 Å². The molecule has 7 rings (SSSR count). The smallest absolute Gasteiger partial charge is 0.416 e. The standard InChI is InChI=1S/C32H12BF24.C20H21N2O/c34-25(35,36)13-1-14(26(37,38)39)6-21(5-13)33(22-7-15(27(40,41)42)2-16(8-22)28(43,44)45,23-9-17(29(46,47)48)3-18(10-23)30(49,50)51)24-11-19(31(52,53)54)4-20(12-24)32(55,56)57;1-15-11-16(2)20(17(3)12-15)23-19-14-22(10-9-21-19)13-18-7-5-4-6-8-18/h1-12H;4-12,14H,13H2,1-3H3/q-1;+1. The summed E-state index contributed by atoms with van der Waals surface area (Å²) in [4.78, 5) is 4.34. The van der Waals surface area contributed by atoms with Gasteiger partial charge in [-0.1, -0.05) is 96.6 Å². The van der Waals surface area contributed by atoms with E-state index in [4.69, 9.17) is 4.74 Å². The molecule has 0 amide bonds. The minimum Gasteiger partial charge on any atom is -0.434 e. The molecular weight excluding hydrogens is 1140 g/mol. The third-order valence-electron chi connectivity index (χ3n) is 12.2. The number of rotatable bonds is 8. The van der Waals surface area contributed by atoms with Gasteiger partial charge in [-0.15, -0.1) is 0 Å². The molecule has 0 unspecified atom stereocenters. The Kier molecular flexibility index (Phi) is 16.7. The molecule has 7 aromatic rings. The summed E-state index contributed by atoms with van der Waals surface area (Å²) in [6.07, 6.45) is -49.1. The highest BCUT2D eigenvalue weighted by Gasteiger charge is 2.47. The predicted molar refractivity (Wildman–Crippen MR) is 241 cm³/mol. The van der Waals surface area contributed by atoms with Gasteiger partial charge < -0.3 is 4.74 Å². The summed E-state index contributed by atoms with van der Waals surface area (Å²) in [6, 6.07) is 5.80. The summed E-state index contributed by atoms with van der Waals surface area (Å²) in [6.45, 7) is 7.02. The Bertz CT molecular complexity index is 2910. The Morgan fingerprint density at radius 3 is 0.925 bits per heavy atom. The van der Waals surface area contributed by atoms with Crippen LogP contribution in [0.25, 0.3) is 0 Å². The number of aromatic nitrogens is 2. The molecule has 0 radical (unpaired) electrons. The molecule has 0 fully saturated rings. The van der Waals surface area contributed by atoms with E-state index >= 15 is 0 Å². The summed E-state index contributed by atoms with van der Waals surface area (Å²) in [5, 5.41) is 0. The van der Waals surface area contributed by atoms with Gasteiger partial charge in [0.1, 0.15) is 11.9 Å². The fraction of sp³-hybridized carbons (Fsp3) is 0.231. The van der Waals surface area contributed by atoms with Crippen LogP contribution in [0.1, 0.15) is 66.8 Å². The fourth-order valence-electron chi connectivity index (χ4n) is 8.86. The van der Waals surface area contributed by atoms with Gasteiger partial charge in [0.05, 0.1) is 50.7 Å². The molecule has 3 nitrogen and oxygen atoms in total. The van der Waals surface area contributed by atoms with Crippen LogP contribution in [0.5, 0.6) is 11.6 Å². The lowest BCUT2D eigenvalue weighted by Gasteiger charge is -2.46. The van der Waals surface area contributed by atoms with E-state index in [1.807, 2.05) is 30.6 Å². The van der Waals surface area contributed by atoms with E-state index < -0.39 is 195 Å². The Morgan fingerprint density at radius 2 is 0.662 bits per heavy atom. The molecule has 0 saturated carbocycles. The molecular formula is C52H33BF24N2O. The maximum absolute atomic E-state index is 14.2. The Morgan fingerprint density at radius 1 is 0.388 bits per heavy atom. The topological polar surface area (TPSA) is 26.0 Å². The lowest BCUT2D eigenvalue weighted by Crippen LogP contribution is -2.75. The van der Waals surface area contributed by atoms with Gasteiger partial charge >= 0.3 is 49.4 Å². The van der Waals surface area contributed by atoms with Crippen LogP contribution in [-0.2, 0) is 56.0 Å². The monoisotopic (exact) mass is 1170 g/mol. The highest BCUT2D eigenvalue weighted by Crippen LogP contribution is 2.42. The van der Waals surface area contributed by atoms with Crippen LogP contribution in [0.3, 0.4) is 0 Å². The molecule has 1 aromatic heterocycles. The quantitative estimate of drug-likeness (QED) is 0.0861. The third-order valence-corrected chi connectivity index (χ3v) is 12.2. The first kappa shape index (κ1) is 61.8. The van der Waals surface area contributed by atoms with Gasteiger partial charge in [-0.25, -0.2) is 4.98 Å². The number of ether oxygens (including phenoxy) is 1. The molecule has 80 heavy (non-hydrogen) atoms. The van der Waals surface area contributed by atoms with Crippen molar-refractivity contribution in [2.75, 3.05) is 0 Å². The lowest BCUT2D eigenvalue weighted by atomic mass is 9.12. The Balaban J connectivity index is 0.000000370. The fourth-order valence-corrected chi connectivity index (χ4v) is 8.86. The van der Waals surface area contributed by atoms with Crippen molar-refractivity contribution in [3.05, 3.63) is 201 Å². The molecule has 0 N–H and O–H groups in total. The molecule has 6 aromatic carbocycles. The second-order valence-electron chi connectivity index (χ2n) is 18.1. The Labute approximate surface area is 436 Å². The van der Waals surface area contributed by atoms with Gasteiger partial charge in [-0.3, -0.25) is 0 Å². The van der Waals surface area contributed by atoms with Crippen molar-refractivity contribution in [3.8, 4) is 11.6 Å². The lowest BCUT2D eigenvalue weighted by molar-refractivity contribution is -0.689. The number of aryl methyl sites for hydroxylation is 3. The van der Waals surface area contributed by atoms with Crippen molar-refractivity contribution >= 4 is 28.0 Å². The molecule has 0 aliphatic heterocycles. The number of nitrogens with zero attached hydrogens (tertiary/aromatic N) is 2. The molecule has 0 bridgehead atoms. The zero-order chi connectivity index (χ0) is 60.1. The average Bonchev–Trinajstić information content (AvgIpc) is 3.31. The molecule has 0 spiro atoms. The molecule has 0 aliphatic carbocycles. The molecule has 0 atom stereocenters. The van der Waals surface area contributed by atoms with E-state index in [-0.39, 0.29) is 0 Å². The van der Waals surface area contributed by atoms with Gasteiger partial charge in [-0.05, 0) is 56.2 Å². The minimum absolute atomic E-state index is 0.610. The van der Waals surface area contributed by atoms with E-state index in [1.54, 1.807) is 6.20 Å². The second-order valence-corrected chi connectivity index (χ2v) is 18.1. The van der Waals surface area contributed by atoms with Crippen molar-refractivity contribution in [3.63, 3.8) is 0 Å². The van der Waals surface area contributed by atoms with Crippen LogP contribution in [0.15, 0.2) is 134 Å². The number of hydrogen-bond donors (Lipinski definition) is 0. The summed E-state index contributed by atoms with van der Waals surface area (Å²) in [7, 11) is 0. The maximum Gasteiger partial charge on any atom is 0.416 e. The summed E-state index contributed by atoms with van der Waals surface area (Å²) >= 11 is 0. The van der Waals surface area contributed by atoms with E-state index in [2.05, 4.69) is 54.6 Å². The molecule has 428 valence electrons. The SMILES string of the molecule is Cc1cc(C)c(Oc2c[n+](Cc3ccccc3)ccn2)c(C)c1.FC(F)(F)c1cc([B-](c2cc(C(F)(F)F)cc(C(F)(F)F)c2)(c2cc(C(F)(F)F)cc(C(F)(F)F)c2)c2cc(C(F)(F)F)cc(C(F)(F)F)c2)cc(C(F)(F)F)c1. The predicted octanol–water partition coefficient (Wildman–Crippen LogP) is 15.3. The number of halogens is 24. The number of benzene rings is 6. The highest BCUT2D eigenvalue weighted by molar-refractivity contribution is 7.20. The third kappa shape index (κ3) is 14.3. The van der Waals surface area contributed by atoms with Gasteiger partial charge in [-0.2, -0.15) is 132 Å². The summed E-state index contributed by atoms with van der Waals surface area (Å²) in [5.41, 5.74) is -25.5. The maximum atomic E-state index is 14.2. The van der Waals surface area contributed by atoms with Crippen molar-refractivity contribution in [1.82, 2.24) is 4.98 Å². The summed E-state index contributed by atoms with van der Waals surface area (Å²) < 4.78 is 349. The molecule has 0 saturated heterocycles. The first-order chi connectivity index (χ1) is 36.4. The first-order valence-corrected chi connectivity index (χ1v) is 22.4. The molecule has 0 aliphatic rings. The Hall–Kier alpha value is -7.42. The van der Waals surface area contributed by atoms with Crippen molar-refractivity contribution in [1.29, 1.82) is 0 Å². The van der Waals surface area contributed by atoms with E-state index in [9.17, 15) is 105 Å². The zero-order valence-electron chi connectivity index (χ0n) is 40.4. The van der Waals surface area contributed by atoms with Crippen molar-refractivity contribution in [2.45, 2.75) is 76.7 Å². The van der Waals surface area contributed by atoms with E-state index in [1.165, 1.54) is 11.1 Å². The van der Waals surface area contributed by atoms with Gasteiger partial charge in [0.25, 0.3) is 5.88 Å². The number of alkyl halides is 24. The highest BCUT2D eigenvalue weighted by atomic mass is 19.4. The van der Waals surface area contributed by atoms with Crippen LogP contribution in [0, 0.1) is 20.8 Å². The van der Waals surface area contributed by atoms with Gasteiger partial charge in [0.2, 0.25) is 6.20 Å². The molecule has 28 heteroatoms. The summed E-state index contributed by atoms with van der Waals surface area (Å²) in [5.74, 6) is 1.50. The second kappa shape index (κ2) is 21.6. The minimum atomic E-state index is -6.13. The van der Waals surface area contributed by atoms with Crippen LogP contribution in [0.2, 0.25) is 0 Å². The van der Waals surface area contributed by atoms with Crippen LogP contribution in [0.4, 0.5) is 105 Å². The zero-order valence-corrected chi connectivity index (χ0v) is 40.4. The average molecular weight is 1170 g/mol. The van der Waals surface area contributed by atoms with Crippen molar-refractivity contribution in [2.24, 2.45) is 0 Å². The van der Waals surface area contributed by atoms with Crippen LogP contribution < -0.4 is 31.2 Å². The van der Waals surface area contributed by atoms with Crippen LogP contribution in [-0.4, -0.2) is 11.1 Å². The largest absolute Gasteiger partial charge is 0.434 e. The van der Waals surface area contributed by atoms with E-state index in [0.29, 0.717) is 5.88 Å². The van der Waals surface area contributed by atoms with E-state index in [0.717, 1.165) is 23.4 Å². The van der Waals surface area contributed by atoms with Crippen molar-refractivity contribution < 1.29 is 115 Å². The first-order valence-electron chi connectivity index (χ1n) is 22.4. The van der Waals surface area contributed by atoms with Gasteiger partial charge in [0.15, 0.2) is 12.7 Å². The van der Waals surface area contributed by atoms with Gasteiger partial charge in [0, 0.05) is 5.56 Å². The molecule has 1 heterocycles.